The van der Waals surface area contributed by atoms with Crippen molar-refractivity contribution in [3.63, 3.8) is 0 Å². The maximum absolute atomic E-state index is 14.2. The molecule has 2 aromatic rings. The zero-order chi connectivity index (χ0) is 32.4. The van der Waals surface area contributed by atoms with Gasteiger partial charge in [0, 0.05) is 32.8 Å². The van der Waals surface area contributed by atoms with E-state index in [0.717, 1.165) is 55.6 Å². The van der Waals surface area contributed by atoms with E-state index in [1.807, 2.05) is 31.2 Å². The summed E-state index contributed by atoms with van der Waals surface area (Å²) < 4.78 is 25.7. The fourth-order valence-electron chi connectivity index (χ4n) is 8.15. The second-order valence-electron chi connectivity index (χ2n) is 13.2. The van der Waals surface area contributed by atoms with Crippen LogP contribution in [0.5, 0.6) is 5.75 Å². The summed E-state index contributed by atoms with van der Waals surface area (Å²) >= 11 is 0. The first-order valence-corrected chi connectivity index (χ1v) is 16.6. The average molecular weight is 631 g/mol. The van der Waals surface area contributed by atoms with Crippen LogP contribution in [0.1, 0.15) is 56.6 Å². The van der Waals surface area contributed by atoms with E-state index >= 15 is 0 Å². The minimum absolute atomic E-state index is 0.0842. The van der Waals surface area contributed by atoms with Crippen molar-refractivity contribution in [3.05, 3.63) is 82.2 Å². The van der Waals surface area contributed by atoms with Gasteiger partial charge in [-0.3, -0.25) is 19.4 Å². The van der Waals surface area contributed by atoms with E-state index in [4.69, 9.17) is 9.39 Å². The topological polar surface area (TPSA) is 99.5 Å². The molecule has 0 unspecified atom stereocenters. The number of carbonyl (C=O) groups is 2. The van der Waals surface area contributed by atoms with E-state index in [1.54, 1.807) is 18.1 Å². The van der Waals surface area contributed by atoms with E-state index < -0.39 is 30.9 Å². The van der Waals surface area contributed by atoms with Gasteiger partial charge in [-0.05, 0) is 85.2 Å². The predicted molar refractivity (Wildman–Crippen MR) is 174 cm³/mol. The van der Waals surface area contributed by atoms with Crippen LogP contribution in [0, 0.1) is 23.6 Å². The quantitative estimate of drug-likeness (QED) is 0.211. The van der Waals surface area contributed by atoms with Gasteiger partial charge in [0.1, 0.15) is 0 Å². The van der Waals surface area contributed by atoms with Gasteiger partial charge in [0.05, 0.1) is 24.5 Å². The Labute approximate surface area is 271 Å². The summed E-state index contributed by atoms with van der Waals surface area (Å²) in [6, 6.07) is 14.6. The van der Waals surface area contributed by atoms with Gasteiger partial charge in [-0.25, -0.2) is 4.39 Å². The highest BCUT2D eigenvalue weighted by molar-refractivity contribution is 6.43. The lowest BCUT2D eigenvalue weighted by Gasteiger charge is -2.43. The number of carbonyl (C=O) groups excluding carboxylic acids is 2. The maximum Gasteiger partial charge on any atom is 0.455 e. The largest absolute Gasteiger partial charge is 0.505 e. The summed E-state index contributed by atoms with van der Waals surface area (Å²) in [4.78, 5) is 32.1. The molecule has 8 nitrogen and oxygen atoms in total. The molecule has 2 aromatic carbocycles. The third kappa shape index (κ3) is 6.72. The first kappa shape index (κ1) is 32.6. The van der Waals surface area contributed by atoms with E-state index in [2.05, 4.69) is 17.0 Å². The normalized spacial score (nSPS) is 26.1. The Morgan fingerprint density at radius 1 is 1.11 bits per heavy atom. The maximum atomic E-state index is 14.2. The molecule has 4 atom stereocenters. The molecule has 0 bridgehead atoms. The number of benzene rings is 2. The van der Waals surface area contributed by atoms with Gasteiger partial charge >= 0.3 is 7.12 Å². The van der Waals surface area contributed by atoms with Crippen molar-refractivity contribution in [2.45, 2.75) is 70.5 Å². The van der Waals surface area contributed by atoms with Crippen LogP contribution in [0.15, 0.2) is 65.3 Å². The molecular formula is C36H44BFN2O6. The number of nitrogens with zero attached hydrogens (tertiary/aromatic N) is 2. The smallest absolute Gasteiger partial charge is 0.455 e. The van der Waals surface area contributed by atoms with Crippen LogP contribution in [0.3, 0.4) is 0 Å². The second kappa shape index (κ2) is 14.2. The highest BCUT2D eigenvalue weighted by Crippen LogP contribution is 2.51. The number of likely N-dealkylation sites (tertiary alicyclic amines) is 2. The Kier molecular flexibility index (Phi) is 10.1. The number of rotatable bonds is 10. The molecule has 6 rings (SSSR count). The highest BCUT2D eigenvalue weighted by Gasteiger charge is 2.58. The van der Waals surface area contributed by atoms with Crippen molar-refractivity contribution < 1.29 is 33.5 Å². The molecule has 3 aliphatic heterocycles. The summed E-state index contributed by atoms with van der Waals surface area (Å²) in [6.07, 6.45) is 5.68. The number of allylic oxidation sites excluding steroid dienone is 1. The molecule has 10 heteroatoms. The molecule has 46 heavy (non-hydrogen) atoms. The van der Waals surface area contributed by atoms with Gasteiger partial charge in [-0.1, -0.05) is 55.0 Å². The molecule has 3 heterocycles. The second-order valence-corrected chi connectivity index (χ2v) is 13.2. The number of hydrogen-bond acceptors (Lipinski definition) is 7. The number of methoxy groups -OCH3 is 1. The number of halogens is 1. The first-order valence-electron chi connectivity index (χ1n) is 16.6. The molecule has 3 saturated heterocycles. The molecule has 2 N–H and O–H groups in total. The average Bonchev–Trinajstić information content (AvgIpc) is 3.30. The number of piperidine rings is 1. The van der Waals surface area contributed by atoms with Crippen molar-refractivity contribution in [3.8, 4) is 5.75 Å². The predicted octanol–water partition coefficient (Wildman–Crippen LogP) is 5.21. The summed E-state index contributed by atoms with van der Waals surface area (Å²) in [7, 11) is 0.591. The third-order valence-corrected chi connectivity index (χ3v) is 10.4. The standard InChI is InChI=1S/C36H44BFN2O6/c1-3-23(17-25-9-11-31(41)30(38)18-25)10-12-32-33-26(22-45-2)19-28-34(29(33)20-37(44)46-32)36(43)40(35(28)42)27-13-15-39(16-14-27)21-24-7-5-4-6-8-24/h4-9,11,17-18,27-29,32,34,41,44H,3,10,12-16,19-22H2,1-2H3/b23-17+/t28-,29+,32-,34-/m1/s1. The number of fused-ring (bicyclic) bond motifs is 3. The van der Waals surface area contributed by atoms with Crippen molar-refractivity contribution in [2.75, 3.05) is 26.8 Å². The summed E-state index contributed by atoms with van der Waals surface area (Å²) in [5, 5.41) is 20.5. The zero-order valence-electron chi connectivity index (χ0n) is 26.7. The number of ether oxygens (including phenoxy) is 1. The fraction of sp³-hybridized carbons (Fsp3) is 0.500. The number of phenolic OH excluding ortho intramolecular Hbond substituents is 1. The van der Waals surface area contributed by atoms with E-state index in [0.29, 0.717) is 31.4 Å². The Bertz CT molecular complexity index is 1490. The molecular weight excluding hydrogens is 586 g/mol. The molecule has 0 saturated carbocycles. The van der Waals surface area contributed by atoms with Crippen LogP contribution in [-0.2, 0) is 25.5 Å². The molecule has 0 radical (unpaired) electrons. The van der Waals surface area contributed by atoms with Gasteiger partial charge in [0.25, 0.3) is 0 Å². The Morgan fingerprint density at radius 2 is 1.87 bits per heavy atom. The van der Waals surface area contributed by atoms with Gasteiger partial charge in [0.15, 0.2) is 11.6 Å². The highest BCUT2D eigenvalue weighted by atomic mass is 19.1. The molecule has 1 aliphatic carbocycles. The van der Waals surface area contributed by atoms with Crippen LogP contribution in [0.25, 0.3) is 6.08 Å². The molecule has 0 spiro atoms. The van der Waals surface area contributed by atoms with Gasteiger partial charge < -0.3 is 19.5 Å². The minimum atomic E-state index is -1.04. The summed E-state index contributed by atoms with van der Waals surface area (Å²) in [6.45, 7) is 4.88. The summed E-state index contributed by atoms with van der Waals surface area (Å²) in [5.74, 6) is -2.49. The van der Waals surface area contributed by atoms with Crippen molar-refractivity contribution in [1.82, 2.24) is 9.80 Å². The summed E-state index contributed by atoms with van der Waals surface area (Å²) in [5.41, 5.74) is 4.99. The van der Waals surface area contributed by atoms with Crippen molar-refractivity contribution in [2.24, 2.45) is 17.8 Å². The number of hydrogen-bond donors (Lipinski definition) is 2. The molecule has 244 valence electrons. The molecule has 4 aliphatic rings. The zero-order valence-corrected chi connectivity index (χ0v) is 26.7. The van der Waals surface area contributed by atoms with Gasteiger partial charge in [-0.2, -0.15) is 0 Å². The number of phenols is 1. The number of imide groups is 1. The van der Waals surface area contributed by atoms with Crippen molar-refractivity contribution in [1.29, 1.82) is 0 Å². The van der Waals surface area contributed by atoms with Crippen LogP contribution in [0.2, 0.25) is 6.32 Å². The lowest BCUT2D eigenvalue weighted by molar-refractivity contribution is -0.144. The minimum Gasteiger partial charge on any atom is -0.505 e. The Morgan fingerprint density at radius 3 is 2.57 bits per heavy atom. The molecule has 0 aromatic heterocycles. The van der Waals surface area contributed by atoms with Crippen LogP contribution in [0.4, 0.5) is 4.39 Å². The van der Waals surface area contributed by atoms with E-state index in [-0.39, 0.29) is 35.8 Å². The van der Waals surface area contributed by atoms with Crippen molar-refractivity contribution >= 4 is 25.0 Å². The molecule has 2 amide bonds. The fourth-order valence-corrected chi connectivity index (χ4v) is 8.15. The lowest BCUT2D eigenvalue weighted by Crippen LogP contribution is -2.48. The number of aromatic hydroxyl groups is 1. The Balaban J connectivity index is 1.18. The van der Waals surface area contributed by atoms with Crippen LogP contribution >= 0.6 is 0 Å². The Hall–Kier alpha value is -3.31. The monoisotopic (exact) mass is 630 g/mol. The third-order valence-electron chi connectivity index (χ3n) is 10.4. The van der Waals surface area contributed by atoms with Crippen LogP contribution < -0.4 is 0 Å². The lowest BCUT2D eigenvalue weighted by atomic mass is 9.58. The SMILES string of the molecule is CC/C(=C\c1ccc(O)c(F)c1)CC[C@H]1OB(O)C[C@H]2C1=C(COC)C[C@H]1C(=O)N(C3CCN(Cc4ccccc4)CC3)C(=O)[C@H]12. The van der Waals surface area contributed by atoms with Crippen LogP contribution in [-0.4, -0.2) is 77.8 Å². The first-order chi connectivity index (χ1) is 22.3. The van der Waals surface area contributed by atoms with Gasteiger partial charge in [-0.15, -0.1) is 0 Å². The molecule has 3 fully saturated rings. The number of amides is 2. The van der Waals surface area contributed by atoms with E-state index in [1.165, 1.54) is 17.7 Å². The van der Waals surface area contributed by atoms with E-state index in [9.17, 15) is 24.1 Å². The van der Waals surface area contributed by atoms with Gasteiger partial charge in [0.2, 0.25) is 11.8 Å².